The van der Waals surface area contributed by atoms with Crippen molar-refractivity contribution in [2.45, 2.75) is 25.6 Å². The van der Waals surface area contributed by atoms with Crippen LogP contribution in [0, 0.1) is 11.3 Å². The van der Waals surface area contributed by atoms with Gasteiger partial charge in [0.05, 0.1) is 29.1 Å². The molecule has 1 amide bonds. The quantitative estimate of drug-likeness (QED) is 0.361. The van der Waals surface area contributed by atoms with E-state index < -0.39 is 11.7 Å². The van der Waals surface area contributed by atoms with Crippen LogP contribution in [0.1, 0.15) is 31.1 Å². The van der Waals surface area contributed by atoms with Gasteiger partial charge in [0.1, 0.15) is 24.2 Å². The van der Waals surface area contributed by atoms with Gasteiger partial charge in [-0.2, -0.15) is 10.4 Å². The van der Waals surface area contributed by atoms with Crippen molar-refractivity contribution in [3.63, 3.8) is 0 Å². The van der Waals surface area contributed by atoms with Gasteiger partial charge in [-0.25, -0.2) is 9.50 Å². The molecule has 0 bridgehead atoms. The van der Waals surface area contributed by atoms with E-state index in [4.69, 9.17) is 14.5 Å². The monoisotopic (exact) mass is 540 g/mol. The lowest BCUT2D eigenvalue weighted by Crippen LogP contribution is -2.50. The number of hydrogen-bond acceptors (Lipinski definition) is 8. The minimum absolute atomic E-state index is 0.0403. The van der Waals surface area contributed by atoms with Crippen LogP contribution in [0.5, 0.6) is 5.75 Å². The molecule has 206 valence electrons. The number of rotatable bonds is 8. The molecule has 10 heteroatoms. The average molecular weight is 541 g/mol. The second-order valence-electron chi connectivity index (χ2n) is 10.4. The number of piperazine rings is 1. The second kappa shape index (κ2) is 11.3. The van der Waals surface area contributed by atoms with Gasteiger partial charge < -0.3 is 24.4 Å². The number of aromatic nitrogens is 3. The number of carbonyl (C=O) groups is 1. The molecule has 1 atom stereocenters. The molecule has 1 aromatic carbocycles. The van der Waals surface area contributed by atoms with E-state index in [1.165, 1.54) is 6.20 Å². The lowest BCUT2D eigenvalue weighted by Gasteiger charge is -2.36. The Bertz CT molecular complexity index is 1510. The molecule has 5 rings (SSSR count). The number of fused-ring (bicyclic) bond motifs is 1. The largest absolute Gasteiger partial charge is 0.489 e. The van der Waals surface area contributed by atoms with Crippen LogP contribution in [-0.2, 0) is 9.53 Å². The van der Waals surface area contributed by atoms with Crippen molar-refractivity contribution in [3.05, 3.63) is 78.2 Å². The molecule has 40 heavy (non-hydrogen) atoms. The van der Waals surface area contributed by atoms with Gasteiger partial charge in [0.15, 0.2) is 6.10 Å². The van der Waals surface area contributed by atoms with Gasteiger partial charge in [-0.3, -0.25) is 4.79 Å². The Kier molecular flexibility index (Phi) is 7.69. The molecule has 1 saturated heterocycles. The highest BCUT2D eigenvalue weighted by atomic mass is 16.5. The average Bonchev–Trinajstić information content (AvgIpc) is 3.39. The summed E-state index contributed by atoms with van der Waals surface area (Å²) in [5.41, 5.74) is 2.50. The maximum Gasteiger partial charge on any atom is 0.256 e. The van der Waals surface area contributed by atoms with E-state index in [2.05, 4.69) is 16.1 Å². The van der Waals surface area contributed by atoms with Gasteiger partial charge in [-0.1, -0.05) is 30.3 Å². The zero-order valence-electron chi connectivity index (χ0n) is 22.8. The van der Waals surface area contributed by atoms with E-state index in [0.29, 0.717) is 43.0 Å². The zero-order chi connectivity index (χ0) is 28.3. The fourth-order valence-corrected chi connectivity index (χ4v) is 4.80. The minimum atomic E-state index is -0.999. The topological polar surface area (TPSA) is 116 Å². The highest BCUT2D eigenvalue weighted by Crippen LogP contribution is 2.32. The van der Waals surface area contributed by atoms with Gasteiger partial charge >= 0.3 is 0 Å². The minimum Gasteiger partial charge on any atom is -0.489 e. The Hall–Kier alpha value is -4.46. The number of methoxy groups -OCH3 is 1. The molecule has 4 heterocycles. The summed E-state index contributed by atoms with van der Waals surface area (Å²) < 4.78 is 13.0. The second-order valence-corrected chi connectivity index (χ2v) is 10.4. The number of carbonyl (C=O) groups excluding carboxylic acids is 1. The van der Waals surface area contributed by atoms with E-state index in [0.717, 1.165) is 22.5 Å². The van der Waals surface area contributed by atoms with E-state index in [1.807, 2.05) is 53.4 Å². The van der Waals surface area contributed by atoms with Crippen molar-refractivity contribution in [1.82, 2.24) is 19.5 Å². The Balaban J connectivity index is 1.32. The van der Waals surface area contributed by atoms with Crippen molar-refractivity contribution in [1.29, 1.82) is 5.26 Å². The number of benzene rings is 1. The summed E-state index contributed by atoms with van der Waals surface area (Å²) in [4.78, 5) is 21.9. The number of anilines is 1. The van der Waals surface area contributed by atoms with Gasteiger partial charge in [0.25, 0.3) is 5.91 Å². The molecule has 10 nitrogen and oxygen atoms in total. The molecular formula is C30H32N6O4. The van der Waals surface area contributed by atoms with E-state index in [1.54, 1.807) is 37.9 Å². The van der Waals surface area contributed by atoms with Crippen LogP contribution < -0.4 is 9.64 Å². The van der Waals surface area contributed by atoms with Crippen LogP contribution in [0.15, 0.2) is 67.1 Å². The third-order valence-electron chi connectivity index (χ3n) is 6.84. The number of pyridine rings is 2. The van der Waals surface area contributed by atoms with Crippen molar-refractivity contribution >= 4 is 17.2 Å². The van der Waals surface area contributed by atoms with Crippen molar-refractivity contribution in [3.8, 4) is 22.9 Å². The summed E-state index contributed by atoms with van der Waals surface area (Å²) in [5, 5.41) is 24.0. The molecule has 0 unspecified atom stereocenters. The lowest BCUT2D eigenvalue weighted by atomic mass is 10.0. The number of ether oxygens (including phenoxy) is 2. The van der Waals surface area contributed by atoms with Crippen LogP contribution >= 0.6 is 0 Å². The van der Waals surface area contributed by atoms with E-state index in [-0.39, 0.29) is 12.5 Å². The van der Waals surface area contributed by atoms with Gasteiger partial charge in [0.2, 0.25) is 0 Å². The molecule has 0 aliphatic carbocycles. The summed E-state index contributed by atoms with van der Waals surface area (Å²) in [5.74, 6) is 1.29. The number of nitrogens with zero attached hydrogens (tertiary/aromatic N) is 6. The van der Waals surface area contributed by atoms with Crippen LogP contribution in [0.3, 0.4) is 0 Å². The number of hydrogen-bond donors (Lipinski definition) is 1. The number of aliphatic hydroxyl groups is 1. The summed E-state index contributed by atoms with van der Waals surface area (Å²) in [7, 11) is 1.56. The predicted octanol–water partition coefficient (Wildman–Crippen LogP) is 3.45. The molecule has 1 fully saturated rings. The van der Waals surface area contributed by atoms with E-state index in [9.17, 15) is 15.2 Å². The molecule has 1 aliphatic rings. The van der Waals surface area contributed by atoms with Gasteiger partial charge in [-0.15, -0.1) is 0 Å². The van der Waals surface area contributed by atoms with Crippen molar-refractivity contribution in [2.24, 2.45) is 0 Å². The van der Waals surface area contributed by atoms with Crippen LogP contribution in [0.2, 0.25) is 0 Å². The maximum atomic E-state index is 13.2. The third-order valence-corrected chi connectivity index (χ3v) is 6.84. The Morgan fingerprint density at radius 3 is 2.50 bits per heavy atom. The Labute approximate surface area is 233 Å². The lowest BCUT2D eigenvalue weighted by molar-refractivity contribution is -0.142. The molecule has 0 spiro atoms. The SMILES string of the molecule is CO[C@@H](C(=O)N1CCN(c2ccc(-c3cc(OCC(C)(C)O)cn4ncc(C#N)c34)cn2)CC1)c1ccccc1. The standard InChI is InChI=1S/C30H32N6O4/c1-30(2,38)20-40-24-15-25(27-23(16-31)18-33-36(27)19-24)22-9-10-26(32-17-22)34-11-13-35(14-12-34)29(37)28(39-3)21-7-5-4-6-8-21/h4-10,15,17-19,28,38H,11-14,20H2,1-3H3/t28-/m1/s1. The zero-order valence-corrected chi connectivity index (χ0v) is 22.8. The molecule has 4 aromatic rings. The smallest absolute Gasteiger partial charge is 0.256 e. The van der Waals surface area contributed by atoms with Crippen molar-refractivity contribution in [2.75, 3.05) is 44.8 Å². The predicted molar refractivity (Wildman–Crippen MR) is 150 cm³/mol. The molecular weight excluding hydrogens is 508 g/mol. The van der Waals surface area contributed by atoms with Crippen LogP contribution in [0.25, 0.3) is 16.6 Å². The van der Waals surface area contributed by atoms with Gasteiger partial charge in [0, 0.05) is 50.6 Å². The summed E-state index contributed by atoms with van der Waals surface area (Å²) in [6, 6.07) is 17.5. The Morgan fingerprint density at radius 2 is 1.88 bits per heavy atom. The molecule has 1 N–H and O–H groups in total. The fraction of sp³-hybridized carbons (Fsp3) is 0.333. The fourth-order valence-electron chi connectivity index (χ4n) is 4.80. The maximum absolute atomic E-state index is 13.2. The summed E-state index contributed by atoms with van der Waals surface area (Å²) >= 11 is 0. The van der Waals surface area contributed by atoms with Crippen LogP contribution in [0.4, 0.5) is 5.82 Å². The summed E-state index contributed by atoms with van der Waals surface area (Å²) in [6.45, 7) is 5.88. The van der Waals surface area contributed by atoms with E-state index >= 15 is 0 Å². The number of nitriles is 1. The number of amides is 1. The molecule has 3 aromatic heterocycles. The van der Waals surface area contributed by atoms with Crippen LogP contribution in [-0.4, -0.2) is 76.0 Å². The normalized spacial score (nSPS) is 14.7. The first-order valence-corrected chi connectivity index (χ1v) is 13.1. The first-order valence-electron chi connectivity index (χ1n) is 13.1. The Morgan fingerprint density at radius 1 is 1.12 bits per heavy atom. The third kappa shape index (κ3) is 5.76. The first kappa shape index (κ1) is 27.1. The highest BCUT2D eigenvalue weighted by molar-refractivity contribution is 5.85. The van der Waals surface area contributed by atoms with Crippen molar-refractivity contribution < 1.29 is 19.4 Å². The summed E-state index contributed by atoms with van der Waals surface area (Å²) in [6.07, 6.45) is 4.37. The first-order chi connectivity index (χ1) is 19.3. The molecule has 1 aliphatic heterocycles. The highest BCUT2D eigenvalue weighted by Gasteiger charge is 2.29. The van der Waals surface area contributed by atoms with Gasteiger partial charge in [-0.05, 0) is 37.6 Å². The molecule has 0 saturated carbocycles. The molecule has 0 radical (unpaired) electrons.